The van der Waals surface area contributed by atoms with E-state index >= 15 is 0 Å². The lowest BCUT2D eigenvalue weighted by Gasteiger charge is -2.37. The van der Waals surface area contributed by atoms with Crippen LogP contribution in [0, 0.1) is 22.7 Å². The molecule has 17 heavy (non-hydrogen) atoms. The van der Waals surface area contributed by atoms with Crippen LogP contribution in [0.2, 0.25) is 0 Å². The van der Waals surface area contributed by atoms with E-state index in [1.54, 1.807) is 0 Å². The van der Waals surface area contributed by atoms with Gasteiger partial charge in [0.05, 0.1) is 12.0 Å². The lowest BCUT2D eigenvalue weighted by Crippen LogP contribution is -2.52. The molecule has 4 nitrogen and oxygen atoms in total. The lowest BCUT2D eigenvalue weighted by atomic mass is 9.94. The summed E-state index contributed by atoms with van der Waals surface area (Å²) in [5.74, 6) is 0.297. The first-order valence-corrected chi connectivity index (χ1v) is 6.26. The fourth-order valence-electron chi connectivity index (χ4n) is 2.04. The average Bonchev–Trinajstić information content (AvgIpc) is 2.27. The van der Waals surface area contributed by atoms with Crippen LogP contribution in [-0.4, -0.2) is 48.4 Å². The molecule has 0 aromatic heterocycles. The Morgan fingerprint density at radius 1 is 1.29 bits per heavy atom. The third-order valence-electron chi connectivity index (χ3n) is 3.05. The van der Waals surface area contributed by atoms with Crippen LogP contribution < -0.4 is 0 Å². The lowest BCUT2D eigenvalue weighted by molar-refractivity contribution is -0.141. The third-order valence-corrected chi connectivity index (χ3v) is 3.05. The second-order valence-corrected chi connectivity index (χ2v) is 5.87. The first kappa shape index (κ1) is 14.0. The van der Waals surface area contributed by atoms with Gasteiger partial charge in [-0.15, -0.1) is 0 Å². The third kappa shape index (κ3) is 4.01. The van der Waals surface area contributed by atoms with Crippen molar-refractivity contribution in [2.45, 2.75) is 27.7 Å². The Morgan fingerprint density at radius 3 is 2.24 bits per heavy atom. The highest BCUT2D eigenvalue weighted by Gasteiger charge is 2.29. The monoisotopic (exact) mass is 237 g/mol. The van der Waals surface area contributed by atoms with Gasteiger partial charge in [-0.2, -0.15) is 5.26 Å². The van der Waals surface area contributed by atoms with Crippen molar-refractivity contribution in [2.75, 3.05) is 32.7 Å². The van der Waals surface area contributed by atoms with Crippen LogP contribution in [0.3, 0.4) is 0 Å². The summed E-state index contributed by atoms with van der Waals surface area (Å²) in [6, 6.07) is 2.25. The van der Waals surface area contributed by atoms with Crippen LogP contribution in [0.15, 0.2) is 0 Å². The van der Waals surface area contributed by atoms with Gasteiger partial charge in [0.15, 0.2) is 0 Å². The number of nitriles is 1. The molecule has 1 aliphatic heterocycles. The average molecular weight is 237 g/mol. The molecule has 0 N–H and O–H groups in total. The predicted molar refractivity (Wildman–Crippen MR) is 67.3 cm³/mol. The molecule has 1 saturated heterocycles. The van der Waals surface area contributed by atoms with Gasteiger partial charge in [-0.05, 0) is 6.92 Å². The van der Waals surface area contributed by atoms with E-state index in [0.29, 0.717) is 0 Å². The number of rotatable bonds is 2. The van der Waals surface area contributed by atoms with Crippen LogP contribution in [0.4, 0.5) is 0 Å². The van der Waals surface area contributed by atoms with Crippen LogP contribution in [-0.2, 0) is 4.79 Å². The van der Waals surface area contributed by atoms with Gasteiger partial charge in [0.1, 0.15) is 0 Å². The van der Waals surface area contributed by atoms with E-state index in [-0.39, 0.29) is 17.2 Å². The molecule has 0 saturated carbocycles. The SMILES string of the molecule is CC(C#N)CN1CCN(C(=O)C(C)(C)C)CC1. The number of hydrogen-bond donors (Lipinski definition) is 0. The summed E-state index contributed by atoms with van der Waals surface area (Å²) in [6.45, 7) is 12.0. The van der Waals surface area contributed by atoms with E-state index < -0.39 is 0 Å². The van der Waals surface area contributed by atoms with Crippen LogP contribution in [0.5, 0.6) is 0 Å². The molecule has 0 spiro atoms. The van der Waals surface area contributed by atoms with Crippen molar-refractivity contribution in [1.82, 2.24) is 9.80 Å². The smallest absolute Gasteiger partial charge is 0.228 e. The number of carbonyl (C=O) groups is 1. The summed E-state index contributed by atoms with van der Waals surface area (Å²) >= 11 is 0. The summed E-state index contributed by atoms with van der Waals surface area (Å²) in [5, 5.41) is 8.77. The first-order chi connectivity index (χ1) is 7.84. The molecule has 1 rings (SSSR count). The Morgan fingerprint density at radius 2 is 1.82 bits per heavy atom. The zero-order chi connectivity index (χ0) is 13.1. The molecule has 4 heteroatoms. The number of hydrogen-bond acceptors (Lipinski definition) is 3. The highest BCUT2D eigenvalue weighted by Crippen LogP contribution is 2.18. The summed E-state index contributed by atoms with van der Waals surface area (Å²) < 4.78 is 0. The maximum atomic E-state index is 12.1. The molecule has 1 unspecified atom stereocenters. The molecule has 1 atom stereocenters. The molecule has 1 aliphatic rings. The minimum Gasteiger partial charge on any atom is -0.340 e. The molecule has 0 radical (unpaired) electrons. The van der Waals surface area contributed by atoms with Crippen LogP contribution in [0.25, 0.3) is 0 Å². The fraction of sp³-hybridized carbons (Fsp3) is 0.846. The van der Waals surface area contributed by atoms with Crippen molar-refractivity contribution in [3.63, 3.8) is 0 Å². The maximum Gasteiger partial charge on any atom is 0.228 e. The van der Waals surface area contributed by atoms with Crippen LogP contribution >= 0.6 is 0 Å². The largest absolute Gasteiger partial charge is 0.340 e. The van der Waals surface area contributed by atoms with Crippen molar-refractivity contribution in [1.29, 1.82) is 5.26 Å². The van der Waals surface area contributed by atoms with E-state index in [2.05, 4.69) is 11.0 Å². The summed E-state index contributed by atoms with van der Waals surface area (Å²) in [7, 11) is 0. The van der Waals surface area contributed by atoms with Crippen molar-refractivity contribution < 1.29 is 4.79 Å². The number of amides is 1. The molecule has 0 bridgehead atoms. The maximum absolute atomic E-state index is 12.1. The minimum absolute atomic E-state index is 0.0693. The molecular weight excluding hydrogens is 214 g/mol. The van der Waals surface area contributed by atoms with Gasteiger partial charge in [0, 0.05) is 38.1 Å². The highest BCUT2D eigenvalue weighted by atomic mass is 16.2. The summed E-state index contributed by atoms with van der Waals surface area (Å²) in [4.78, 5) is 16.3. The van der Waals surface area contributed by atoms with Gasteiger partial charge in [0.25, 0.3) is 0 Å². The van der Waals surface area contributed by atoms with Gasteiger partial charge >= 0.3 is 0 Å². The first-order valence-electron chi connectivity index (χ1n) is 6.26. The topological polar surface area (TPSA) is 47.3 Å². The summed E-state index contributed by atoms with van der Waals surface area (Å²) in [6.07, 6.45) is 0. The Kier molecular flexibility index (Phi) is 4.53. The molecule has 0 aliphatic carbocycles. The second-order valence-electron chi connectivity index (χ2n) is 5.87. The van der Waals surface area contributed by atoms with E-state index in [0.717, 1.165) is 32.7 Å². The second kappa shape index (κ2) is 5.50. The van der Waals surface area contributed by atoms with Crippen LogP contribution in [0.1, 0.15) is 27.7 Å². The van der Waals surface area contributed by atoms with Gasteiger partial charge in [-0.25, -0.2) is 0 Å². The Labute approximate surface area is 104 Å². The van der Waals surface area contributed by atoms with Gasteiger partial charge < -0.3 is 4.90 Å². The Balaban J connectivity index is 2.41. The zero-order valence-electron chi connectivity index (χ0n) is 11.4. The fourth-order valence-corrected chi connectivity index (χ4v) is 2.04. The molecular formula is C13H23N3O. The normalized spacial score (nSPS) is 19.8. The van der Waals surface area contributed by atoms with Gasteiger partial charge in [0.2, 0.25) is 5.91 Å². The molecule has 0 aromatic rings. The van der Waals surface area contributed by atoms with Gasteiger partial charge in [-0.3, -0.25) is 9.69 Å². The summed E-state index contributed by atoms with van der Waals surface area (Å²) in [5.41, 5.74) is -0.290. The van der Waals surface area contributed by atoms with Crippen molar-refractivity contribution in [3.05, 3.63) is 0 Å². The molecule has 1 heterocycles. The number of nitrogens with zero attached hydrogens (tertiary/aromatic N) is 3. The number of carbonyl (C=O) groups excluding carboxylic acids is 1. The Bertz CT molecular complexity index is 306. The molecule has 1 fully saturated rings. The molecule has 0 aromatic carbocycles. The highest BCUT2D eigenvalue weighted by molar-refractivity contribution is 5.81. The predicted octanol–water partition coefficient (Wildman–Crippen LogP) is 1.34. The van der Waals surface area contributed by atoms with Gasteiger partial charge in [-0.1, -0.05) is 20.8 Å². The zero-order valence-corrected chi connectivity index (χ0v) is 11.4. The number of piperazine rings is 1. The molecule has 1 amide bonds. The Hall–Kier alpha value is -1.08. The van der Waals surface area contributed by atoms with E-state index in [1.807, 2.05) is 32.6 Å². The standard InChI is InChI=1S/C13H23N3O/c1-11(9-14)10-15-5-7-16(8-6-15)12(17)13(2,3)4/h11H,5-8,10H2,1-4H3. The minimum atomic E-state index is -0.290. The van der Waals surface area contributed by atoms with Crippen molar-refractivity contribution in [3.8, 4) is 6.07 Å². The van der Waals surface area contributed by atoms with E-state index in [1.165, 1.54) is 0 Å². The quantitative estimate of drug-likeness (QED) is 0.728. The molecule has 96 valence electrons. The van der Waals surface area contributed by atoms with Crippen molar-refractivity contribution in [2.24, 2.45) is 11.3 Å². The van der Waals surface area contributed by atoms with E-state index in [9.17, 15) is 4.79 Å². The van der Waals surface area contributed by atoms with E-state index in [4.69, 9.17) is 5.26 Å². The van der Waals surface area contributed by atoms with Crippen molar-refractivity contribution >= 4 is 5.91 Å².